The molecular formula is C17H25NS. The van der Waals surface area contributed by atoms with Crippen LogP contribution in [0.4, 0.5) is 0 Å². The summed E-state index contributed by atoms with van der Waals surface area (Å²) in [5.41, 5.74) is 3.10. The molecule has 0 heterocycles. The summed E-state index contributed by atoms with van der Waals surface area (Å²) in [6.45, 7) is 0. The molecule has 0 spiro atoms. The van der Waals surface area contributed by atoms with E-state index in [9.17, 15) is 0 Å². The Morgan fingerprint density at radius 3 is 2.74 bits per heavy atom. The van der Waals surface area contributed by atoms with Crippen molar-refractivity contribution in [3.63, 3.8) is 0 Å². The normalized spacial score (nSPS) is 27.4. The number of thioether (sulfide) groups is 1. The third-order valence-electron chi connectivity index (χ3n) is 4.79. The Morgan fingerprint density at radius 1 is 1.16 bits per heavy atom. The minimum absolute atomic E-state index is 0.552. The van der Waals surface area contributed by atoms with E-state index in [2.05, 4.69) is 48.4 Å². The molecule has 2 heteroatoms. The maximum atomic E-state index is 3.56. The predicted molar refractivity (Wildman–Crippen MR) is 84.8 cm³/mol. The Balaban J connectivity index is 1.65. The molecule has 19 heavy (non-hydrogen) atoms. The summed E-state index contributed by atoms with van der Waals surface area (Å²) in [7, 11) is 2.12. The van der Waals surface area contributed by atoms with Crippen LogP contribution in [0.3, 0.4) is 0 Å². The lowest BCUT2D eigenvalue weighted by Crippen LogP contribution is -2.32. The third kappa shape index (κ3) is 3.00. The van der Waals surface area contributed by atoms with Crippen molar-refractivity contribution >= 4 is 11.8 Å². The van der Waals surface area contributed by atoms with Crippen molar-refractivity contribution in [3.05, 3.63) is 35.4 Å². The third-order valence-corrected chi connectivity index (χ3v) is 6.39. The minimum Gasteiger partial charge on any atom is -0.312 e. The maximum Gasteiger partial charge on any atom is 0.0441 e. The van der Waals surface area contributed by atoms with Crippen molar-refractivity contribution < 1.29 is 0 Å². The van der Waals surface area contributed by atoms with Crippen LogP contribution in [0.15, 0.2) is 24.3 Å². The van der Waals surface area contributed by atoms with Gasteiger partial charge in [-0.05, 0) is 55.5 Å². The van der Waals surface area contributed by atoms with E-state index in [0.29, 0.717) is 6.04 Å². The molecule has 1 fully saturated rings. The Bertz CT molecular complexity index is 411. The van der Waals surface area contributed by atoms with Crippen LogP contribution in [-0.4, -0.2) is 18.1 Å². The van der Waals surface area contributed by atoms with Gasteiger partial charge in [0.25, 0.3) is 0 Å². The van der Waals surface area contributed by atoms with Crippen LogP contribution in [0, 0.1) is 5.92 Å². The van der Waals surface area contributed by atoms with Gasteiger partial charge in [-0.25, -0.2) is 0 Å². The topological polar surface area (TPSA) is 12.0 Å². The zero-order valence-electron chi connectivity index (χ0n) is 11.9. The molecule has 3 rings (SSSR count). The number of nitrogens with one attached hydrogen (secondary N) is 1. The molecule has 0 aliphatic heterocycles. The first-order chi connectivity index (χ1) is 9.38. The van der Waals surface area contributed by atoms with Crippen molar-refractivity contribution in [2.45, 2.75) is 49.8 Å². The standard InChI is InChI=1S/C17H25NS/c1-18-17-15-9-5-4-8-14(15)10-11-16(17)19-12-13-6-2-3-7-13/h4-5,8-9,13,16-18H,2-3,6-7,10-12H2,1H3. The summed E-state index contributed by atoms with van der Waals surface area (Å²) in [5.74, 6) is 2.38. The van der Waals surface area contributed by atoms with Gasteiger partial charge in [0, 0.05) is 11.3 Å². The van der Waals surface area contributed by atoms with Crippen molar-refractivity contribution in [3.8, 4) is 0 Å². The fourth-order valence-corrected chi connectivity index (χ4v) is 5.30. The van der Waals surface area contributed by atoms with Crippen LogP contribution in [0.2, 0.25) is 0 Å². The van der Waals surface area contributed by atoms with Gasteiger partial charge < -0.3 is 5.32 Å². The first-order valence-electron chi connectivity index (χ1n) is 7.75. The highest BCUT2D eigenvalue weighted by atomic mass is 32.2. The molecule has 2 aliphatic carbocycles. The average molecular weight is 275 g/mol. The first kappa shape index (κ1) is 13.5. The number of benzene rings is 1. The average Bonchev–Trinajstić information content (AvgIpc) is 2.97. The van der Waals surface area contributed by atoms with Gasteiger partial charge in [-0.15, -0.1) is 0 Å². The number of aryl methyl sites for hydroxylation is 1. The summed E-state index contributed by atoms with van der Waals surface area (Å²) >= 11 is 2.23. The molecule has 1 aromatic carbocycles. The lowest BCUT2D eigenvalue weighted by molar-refractivity contribution is 0.508. The molecule has 1 aromatic rings. The SMILES string of the molecule is CNC1c2ccccc2CCC1SCC1CCCC1. The summed E-state index contributed by atoms with van der Waals surface area (Å²) in [5, 5.41) is 4.33. The number of hydrogen-bond acceptors (Lipinski definition) is 2. The molecule has 104 valence electrons. The zero-order valence-corrected chi connectivity index (χ0v) is 12.7. The first-order valence-corrected chi connectivity index (χ1v) is 8.80. The largest absolute Gasteiger partial charge is 0.312 e. The lowest BCUT2D eigenvalue weighted by Gasteiger charge is -2.33. The quantitative estimate of drug-likeness (QED) is 0.884. The van der Waals surface area contributed by atoms with E-state index in [1.165, 1.54) is 44.3 Å². The molecule has 2 unspecified atom stereocenters. The van der Waals surface area contributed by atoms with E-state index >= 15 is 0 Å². The molecule has 1 N–H and O–H groups in total. The van der Waals surface area contributed by atoms with E-state index in [4.69, 9.17) is 0 Å². The van der Waals surface area contributed by atoms with E-state index in [1.807, 2.05) is 0 Å². The second-order valence-corrected chi connectivity index (χ2v) is 7.30. The van der Waals surface area contributed by atoms with Crippen molar-refractivity contribution in [2.24, 2.45) is 5.92 Å². The summed E-state index contributed by atoms with van der Waals surface area (Å²) < 4.78 is 0. The summed E-state index contributed by atoms with van der Waals surface area (Å²) in [4.78, 5) is 0. The Morgan fingerprint density at radius 2 is 1.95 bits per heavy atom. The fraction of sp³-hybridized carbons (Fsp3) is 0.647. The molecule has 0 saturated heterocycles. The van der Waals surface area contributed by atoms with E-state index in [0.717, 1.165) is 11.2 Å². The van der Waals surface area contributed by atoms with Crippen LogP contribution in [-0.2, 0) is 6.42 Å². The highest BCUT2D eigenvalue weighted by molar-refractivity contribution is 7.99. The molecule has 1 nitrogen and oxygen atoms in total. The highest BCUT2D eigenvalue weighted by Crippen LogP contribution is 2.39. The summed E-state index contributed by atoms with van der Waals surface area (Å²) in [6, 6.07) is 9.54. The minimum atomic E-state index is 0.552. The fourth-order valence-electron chi connectivity index (χ4n) is 3.69. The Labute approximate surface area is 121 Å². The molecule has 0 aromatic heterocycles. The van der Waals surface area contributed by atoms with Crippen LogP contribution in [0.25, 0.3) is 0 Å². The van der Waals surface area contributed by atoms with Gasteiger partial charge in [0.05, 0.1) is 0 Å². The molecule has 2 aliphatic rings. The predicted octanol–water partition coefficient (Wildman–Crippen LogP) is 4.19. The van der Waals surface area contributed by atoms with Crippen molar-refractivity contribution in [2.75, 3.05) is 12.8 Å². The highest BCUT2D eigenvalue weighted by Gasteiger charge is 2.29. The van der Waals surface area contributed by atoms with Crippen LogP contribution >= 0.6 is 11.8 Å². The maximum absolute atomic E-state index is 3.56. The van der Waals surface area contributed by atoms with E-state index in [1.54, 1.807) is 11.1 Å². The number of rotatable bonds is 4. The molecule has 0 bridgehead atoms. The van der Waals surface area contributed by atoms with Gasteiger partial charge in [0.1, 0.15) is 0 Å². The number of hydrogen-bond donors (Lipinski definition) is 1. The van der Waals surface area contributed by atoms with Crippen molar-refractivity contribution in [1.29, 1.82) is 0 Å². The van der Waals surface area contributed by atoms with E-state index < -0.39 is 0 Å². The van der Waals surface area contributed by atoms with Crippen molar-refractivity contribution in [1.82, 2.24) is 5.32 Å². The van der Waals surface area contributed by atoms with Gasteiger partial charge in [0.2, 0.25) is 0 Å². The van der Waals surface area contributed by atoms with Gasteiger partial charge >= 0.3 is 0 Å². The molecule has 0 radical (unpaired) electrons. The second-order valence-electron chi connectivity index (χ2n) is 6.03. The van der Waals surface area contributed by atoms with Crippen LogP contribution < -0.4 is 5.32 Å². The monoisotopic (exact) mass is 275 g/mol. The van der Waals surface area contributed by atoms with Crippen LogP contribution in [0.5, 0.6) is 0 Å². The summed E-state index contributed by atoms with van der Waals surface area (Å²) in [6.07, 6.45) is 8.47. The zero-order chi connectivity index (χ0) is 13.1. The van der Waals surface area contributed by atoms with Crippen LogP contribution in [0.1, 0.15) is 49.3 Å². The molecule has 0 amide bonds. The molecule has 2 atom stereocenters. The van der Waals surface area contributed by atoms with Gasteiger partial charge in [-0.1, -0.05) is 37.1 Å². The van der Waals surface area contributed by atoms with E-state index in [-0.39, 0.29) is 0 Å². The second kappa shape index (κ2) is 6.32. The van der Waals surface area contributed by atoms with Gasteiger partial charge in [-0.2, -0.15) is 11.8 Å². The Kier molecular flexibility index (Phi) is 4.49. The van der Waals surface area contributed by atoms with Gasteiger partial charge in [0.15, 0.2) is 0 Å². The molecule has 1 saturated carbocycles. The smallest absolute Gasteiger partial charge is 0.0441 e. The number of fused-ring (bicyclic) bond motifs is 1. The molecular weight excluding hydrogens is 250 g/mol. The van der Waals surface area contributed by atoms with Gasteiger partial charge in [-0.3, -0.25) is 0 Å². The lowest BCUT2D eigenvalue weighted by atomic mass is 9.87. The Hall–Kier alpha value is -0.470.